The third kappa shape index (κ3) is 7.41. The lowest BCUT2D eigenvalue weighted by molar-refractivity contribution is -0.114. The molecule has 9 heteroatoms. The van der Waals surface area contributed by atoms with Gasteiger partial charge in [0.25, 0.3) is 0 Å². The van der Waals surface area contributed by atoms with Crippen LogP contribution < -0.4 is 24.8 Å². The maximum absolute atomic E-state index is 11.2. The van der Waals surface area contributed by atoms with Crippen molar-refractivity contribution in [1.29, 1.82) is 0 Å². The van der Waals surface area contributed by atoms with Gasteiger partial charge in [-0.3, -0.25) is 4.79 Å². The number of rotatable bonds is 8. The van der Waals surface area contributed by atoms with Gasteiger partial charge >= 0.3 is 0 Å². The van der Waals surface area contributed by atoms with E-state index in [0.717, 1.165) is 43.5 Å². The summed E-state index contributed by atoms with van der Waals surface area (Å²) in [7, 11) is 3.32. The Morgan fingerprint density at radius 3 is 2.52 bits per heavy atom. The lowest BCUT2D eigenvalue weighted by Crippen LogP contribution is -2.44. The van der Waals surface area contributed by atoms with E-state index in [2.05, 4.69) is 34.6 Å². The van der Waals surface area contributed by atoms with Crippen LogP contribution in [0.25, 0.3) is 0 Å². The van der Waals surface area contributed by atoms with E-state index in [-0.39, 0.29) is 29.9 Å². The van der Waals surface area contributed by atoms with Crippen LogP contribution in [0.3, 0.4) is 0 Å². The number of benzene rings is 2. The van der Waals surface area contributed by atoms with Crippen molar-refractivity contribution in [1.82, 2.24) is 10.2 Å². The number of nitrogens with one attached hydrogen (secondary N) is 2. The highest BCUT2D eigenvalue weighted by Crippen LogP contribution is 2.33. The summed E-state index contributed by atoms with van der Waals surface area (Å²) >= 11 is 0. The van der Waals surface area contributed by atoms with Gasteiger partial charge in [-0.05, 0) is 48.7 Å². The molecule has 2 aromatic carbocycles. The van der Waals surface area contributed by atoms with Gasteiger partial charge in [-0.2, -0.15) is 0 Å². The molecule has 0 unspecified atom stereocenters. The Labute approximate surface area is 212 Å². The van der Waals surface area contributed by atoms with Gasteiger partial charge in [-0.1, -0.05) is 6.07 Å². The second-order valence-electron chi connectivity index (χ2n) is 7.44. The number of ether oxygens (including phenoxy) is 3. The van der Waals surface area contributed by atoms with Crippen molar-refractivity contribution in [2.75, 3.05) is 45.8 Å². The average molecular weight is 568 g/mol. The van der Waals surface area contributed by atoms with Gasteiger partial charge in [0.2, 0.25) is 5.91 Å². The van der Waals surface area contributed by atoms with Gasteiger partial charge in [0.1, 0.15) is 12.4 Å². The highest BCUT2D eigenvalue weighted by molar-refractivity contribution is 14.0. The first kappa shape index (κ1) is 26.6. The fourth-order valence-electron chi connectivity index (χ4n) is 3.67. The molecule has 0 aliphatic carbocycles. The zero-order valence-corrected chi connectivity index (χ0v) is 22.0. The fraction of sp³-hybridized carbons (Fsp3) is 0.417. The van der Waals surface area contributed by atoms with Crippen LogP contribution in [0.4, 0.5) is 5.69 Å². The van der Waals surface area contributed by atoms with Crippen LogP contribution in [0, 0.1) is 0 Å². The van der Waals surface area contributed by atoms with Crippen LogP contribution in [-0.4, -0.2) is 57.2 Å². The van der Waals surface area contributed by atoms with Crippen LogP contribution >= 0.6 is 24.0 Å². The zero-order chi connectivity index (χ0) is 22.9. The van der Waals surface area contributed by atoms with E-state index >= 15 is 0 Å². The summed E-state index contributed by atoms with van der Waals surface area (Å²) < 4.78 is 16.7. The van der Waals surface area contributed by atoms with E-state index in [4.69, 9.17) is 19.2 Å². The molecular formula is C24H33IN4O4. The number of hydrogen-bond acceptors (Lipinski definition) is 5. The second-order valence-corrected chi connectivity index (χ2v) is 7.44. The number of aliphatic imine (C=N–C) groups is 1. The topological polar surface area (TPSA) is 84.4 Å². The fourth-order valence-corrected chi connectivity index (χ4v) is 3.67. The molecule has 8 nitrogen and oxygen atoms in total. The van der Waals surface area contributed by atoms with E-state index in [1.165, 1.54) is 18.1 Å². The van der Waals surface area contributed by atoms with E-state index < -0.39 is 0 Å². The van der Waals surface area contributed by atoms with Gasteiger partial charge in [0.05, 0.1) is 20.8 Å². The van der Waals surface area contributed by atoms with E-state index in [1.807, 2.05) is 18.2 Å². The lowest BCUT2D eigenvalue weighted by atomic mass is 9.99. The molecule has 0 spiro atoms. The normalized spacial score (nSPS) is 12.8. The Bertz CT molecular complexity index is 967. The first-order valence-electron chi connectivity index (χ1n) is 10.8. The average Bonchev–Trinajstić information content (AvgIpc) is 2.79. The summed E-state index contributed by atoms with van der Waals surface area (Å²) in [6.07, 6.45) is 0.909. The van der Waals surface area contributed by atoms with Gasteiger partial charge in [-0.25, -0.2) is 4.99 Å². The molecule has 1 amide bonds. The Morgan fingerprint density at radius 1 is 1.12 bits per heavy atom. The van der Waals surface area contributed by atoms with Gasteiger partial charge in [0, 0.05) is 38.3 Å². The van der Waals surface area contributed by atoms with Gasteiger partial charge < -0.3 is 29.7 Å². The summed E-state index contributed by atoms with van der Waals surface area (Å²) in [5, 5.41) is 6.14. The molecule has 180 valence electrons. The Balaban J connectivity index is 0.00000385. The number of halogens is 1. The van der Waals surface area contributed by atoms with Crippen LogP contribution in [0.15, 0.2) is 41.4 Å². The third-order valence-electron chi connectivity index (χ3n) is 5.13. The first-order valence-corrected chi connectivity index (χ1v) is 10.8. The predicted octanol–water partition coefficient (Wildman–Crippen LogP) is 3.68. The standard InChI is InChI=1S/C24H32N4O4.HI/c1-5-25-24(26-10-12-32-21-8-6-7-20(15-21)27-17(2)29)28-11-9-18-13-22(30-3)23(31-4)14-19(18)16-28;/h6-8,13-15H,5,9-12,16H2,1-4H3,(H,25,26)(H,27,29);1H. The molecule has 0 atom stereocenters. The second kappa shape index (κ2) is 13.1. The SMILES string of the molecule is CCNC(=NCCOc1cccc(NC(C)=O)c1)N1CCc2cc(OC)c(OC)cc2C1.I. The molecule has 3 rings (SSSR count). The molecule has 0 bridgehead atoms. The van der Waals surface area contributed by atoms with Crippen molar-refractivity contribution < 1.29 is 19.0 Å². The quantitative estimate of drug-likeness (QED) is 0.219. The van der Waals surface area contributed by atoms with Crippen molar-refractivity contribution in [3.63, 3.8) is 0 Å². The molecule has 0 fully saturated rings. The molecule has 33 heavy (non-hydrogen) atoms. The Morgan fingerprint density at radius 2 is 1.85 bits per heavy atom. The maximum atomic E-state index is 11.2. The molecule has 2 aromatic rings. The highest BCUT2D eigenvalue weighted by Gasteiger charge is 2.21. The molecule has 1 heterocycles. The van der Waals surface area contributed by atoms with Crippen LogP contribution in [0.2, 0.25) is 0 Å². The van der Waals surface area contributed by atoms with Crippen molar-refractivity contribution >= 4 is 41.5 Å². The number of fused-ring (bicyclic) bond motifs is 1. The summed E-state index contributed by atoms with van der Waals surface area (Å²) in [5.41, 5.74) is 3.20. The number of carbonyl (C=O) groups is 1. The summed E-state index contributed by atoms with van der Waals surface area (Å²) in [5.74, 6) is 2.96. The molecule has 1 aliphatic rings. The number of nitrogens with zero attached hydrogens (tertiary/aromatic N) is 2. The summed E-state index contributed by atoms with van der Waals surface area (Å²) in [6.45, 7) is 6.90. The monoisotopic (exact) mass is 568 g/mol. The number of methoxy groups -OCH3 is 2. The number of carbonyl (C=O) groups excluding carboxylic acids is 1. The summed E-state index contributed by atoms with van der Waals surface area (Å²) in [6, 6.07) is 11.5. The molecule has 0 radical (unpaired) electrons. The number of anilines is 1. The minimum Gasteiger partial charge on any atom is -0.493 e. The van der Waals surface area contributed by atoms with Crippen molar-refractivity contribution in [2.45, 2.75) is 26.8 Å². The Kier molecular flexibility index (Phi) is 10.6. The van der Waals surface area contributed by atoms with E-state index in [9.17, 15) is 4.79 Å². The number of amides is 1. The van der Waals surface area contributed by atoms with Crippen molar-refractivity contribution in [3.05, 3.63) is 47.5 Å². The number of hydrogen-bond donors (Lipinski definition) is 2. The zero-order valence-electron chi connectivity index (χ0n) is 19.6. The van der Waals surface area contributed by atoms with Gasteiger partial charge in [-0.15, -0.1) is 24.0 Å². The van der Waals surface area contributed by atoms with Crippen LogP contribution in [0.5, 0.6) is 17.2 Å². The lowest BCUT2D eigenvalue weighted by Gasteiger charge is -2.32. The highest BCUT2D eigenvalue weighted by atomic mass is 127. The smallest absolute Gasteiger partial charge is 0.221 e. The molecule has 1 aliphatic heterocycles. The first-order chi connectivity index (χ1) is 15.5. The molecule has 0 saturated carbocycles. The maximum Gasteiger partial charge on any atom is 0.221 e. The number of guanidine groups is 1. The third-order valence-corrected chi connectivity index (χ3v) is 5.13. The molecule has 0 aromatic heterocycles. The predicted molar refractivity (Wildman–Crippen MR) is 141 cm³/mol. The molecule has 0 saturated heterocycles. The van der Waals surface area contributed by atoms with Crippen molar-refractivity contribution in [3.8, 4) is 17.2 Å². The van der Waals surface area contributed by atoms with Gasteiger partial charge in [0.15, 0.2) is 17.5 Å². The van der Waals surface area contributed by atoms with E-state index in [0.29, 0.717) is 24.6 Å². The van der Waals surface area contributed by atoms with E-state index in [1.54, 1.807) is 20.3 Å². The Hall–Kier alpha value is -2.69. The van der Waals surface area contributed by atoms with Crippen molar-refractivity contribution in [2.24, 2.45) is 4.99 Å². The molecule has 2 N–H and O–H groups in total. The largest absolute Gasteiger partial charge is 0.493 e. The van der Waals surface area contributed by atoms with Crippen LogP contribution in [0.1, 0.15) is 25.0 Å². The summed E-state index contributed by atoms with van der Waals surface area (Å²) in [4.78, 5) is 18.2. The molecular weight excluding hydrogens is 535 g/mol. The minimum atomic E-state index is -0.110. The van der Waals surface area contributed by atoms with Crippen LogP contribution in [-0.2, 0) is 17.8 Å². The minimum absolute atomic E-state index is 0.